The lowest BCUT2D eigenvalue weighted by atomic mass is 10.0. The molecule has 1 unspecified atom stereocenters. The van der Waals surface area contributed by atoms with E-state index in [1.807, 2.05) is 24.3 Å². The zero-order valence-corrected chi connectivity index (χ0v) is 13.7. The highest BCUT2D eigenvalue weighted by Crippen LogP contribution is 2.40. The minimum atomic E-state index is -0.433. The summed E-state index contributed by atoms with van der Waals surface area (Å²) in [6.07, 6.45) is 0. The predicted octanol–water partition coefficient (Wildman–Crippen LogP) is 3.07. The van der Waals surface area contributed by atoms with Gasteiger partial charge in [-0.2, -0.15) is 0 Å². The normalized spacial score (nSPS) is 16.2. The van der Waals surface area contributed by atoms with Gasteiger partial charge in [0.25, 0.3) is 0 Å². The molecule has 2 heterocycles. The Balaban J connectivity index is 1.77. The number of rotatable bonds is 3. The second kappa shape index (κ2) is 6.10. The van der Waals surface area contributed by atoms with Gasteiger partial charge in [0, 0.05) is 10.6 Å². The van der Waals surface area contributed by atoms with Crippen molar-refractivity contribution < 1.29 is 14.3 Å². The molecule has 0 fully saturated rings. The van der Waals surface area contributed by atoms with Gasteiger partial charge in [-0.1, -0.05) is 29.5 Å². The van der Waals surface area contributed by atoms with E-state index in [2.05, 4.69) is 10.3 Å². The Morgan fingerprint density at radius 3 is 2.91 bits per heavy atom. The summed E-state index contributed by atoms with van der Waals surface area (Å²) in [6.45, 7) is 1.72. The van der Waals surface area contributed by atoms with E-state index in [4.69, 9.17) is 4.74 Å². The zero-order chi connectivity index (χ0) is 15.7. The van der Waals surface area contributed by atoms with E-state index in [0.717, 1.165) is 27.5 Å². The largest absolute Gasteiger partial charge is 0.465 e. The lowest BCUT2D eigenvalue weighted by Gasteiger charge is -2.09. The highest BCUT2D eigenvalue weighted by molar-refractivity contribution is 7.99. The molecule has 0 spiro atoms. The van der Waals surface area contributed by atoms with Crippen molar-refractivity contribution >= 4 is 40.1 Å². The van der Waals surface area contributed by atoms with E-state index < -0.39 is 5.97 Å². The van der Waals surface area contributed by atoms with Crippen LogP contribution in [-0.4, -0.2) is 29.7 Å². The number of carbonyl (C=O) groups is 2. The number of methoxy groups -OCH3 is 1. The Hall–Kier alpha value is -1.86. The Bertz CT molecular complexity index is 742. The average Bonchev–Trinajstić information content (AvgIpc) is 3.10. The Morgan fingerprint density at radius 2 is 2.14 bits per heavy atom. The molecule has 0 saturated heterocycles. The minimum Gasteiger partial charge on any atom is -0.465 e. The molecular formula is C15H14N2O3S2. The second-order valence-electron chi connectivity index (χ2n) is 4.82. The molecule has 0 bridgehead atoms. The van der Waals surface area contributed by atoms with Crippen molar-refractivity contribution in [2.45, 2.75) is 17.7 Å². The molecule has 1 aliphatic heterocycles. The molecule has 7 heteroatoms. The van der Waals surface area contributed by atoms with E-state index in [0.29, 0.717) is 15.7 Å². The highest BCUT2D eigenvalue weighted by Gasteiger charge is 2.29. The number of thiazole rings is 1. The van der Waals surface area contributed by atoms with Crippen LogP contribution >= 0.6 is 23.1 Å². The van der Waals surface area contributed by atoms with E-state index in [-0.39, 0.29) is 11.8 Å². The smallest absolute Gasteiger partial charge is 0.350 e. The van der Waals surface area contributed by atoms with Gasteiger partial charge < -0.3 is 10.1 Å². The van der Waals surface area contributed by atoms with Crippen molar-refractivity contribution in [3.05, 3.63) is 40.4 Å². The molecule has 0 radical (unpaired) electrons. The van der Waals surface area contributed by atoms with Gasteiger partial charge in [0.1, 0.15) is 4.88 Å². The lowest BCUT2D eigenvalue weighted by molar-refractivity contribution is -0.117. The highest BCUT2D eigenvalue weighted by atomic mass is 32.2. The number of aryl methyl sites for hydroxylation is 1. The summed E-state index contributed by atoms with van der Waals surface area (Å²) in [7, 11) is 1.33. The van der Waals surface area contributed by atoms with Crippen LogP contribution in [0.4, 0.5) is 5.13 Å². The van der Waals surface area contributed by atoms with Gasteiger partial charge in [-0.25, -0.2) is 9.78 Å². The maximum atomic E-state index is 12.5. The van der Waals surface area contributed by atoms with Crippen LogP contribution < -0.4 is 5.32 Å². The maximum absolute atomic E-state index is 12.5. The molecule has 1 aromatic heterocycles. The number of thioether (sulfide) groups is 1. The van der Waals surface area contributed by atoms with Crippen LogP contribution in [0.25, 0.3) is 0 Å². The molecule has 1 aromatic carbocycles. The van der Waals surface area contributed by atoms with Crippen LogP contribution in [0, 0.1) is 6.92 Å². The van der Waals surface area contributed by atoms with Crippen molar-refractivity contribution in [2.75, 3.05) is 18.2 Å². The van der Waals surface area contributed by atoms with Gasteiger partial charge in [-0.3, -0.25) is 4.79 Å². The monoisotopic (exact) mass is 334 g/mol. The van der Waals surface area contributed by atoms with Crippen LogP contribution in [0.2, 0.25) is 0 Å². The van der Waals surface area contributed by atoms with Crippen molar-refractivity contribution in [3.63, 3.8) is 0 Å². The average molecular weight is 334 g/mol. The number of nitrogens with zero attached hydrogens (tertiary/aromatic N) is 1. The second-order valence-corrected chi connectivity index (χ2v) is 6.88. The van der Waals surface area contributed by atoms with Gasteiger partial charge in [-0.05, 0) is 18.6 Å². The molecule has 2 aromatic rings. The topological polar surface area (TPSA) is 68.3 Å². The summed E-state index contributed by atoms with van der Waals surface area (Å²) < 4.78 is 4.70. The summed E-state index contributed by atoms with van der Waals surface area (Å²) in [4.78, 5) is 29.8. The Kier molecular flexibility index (Phi) is 4.17. The molecule has 0 saturated carbocycles. The lowest BCUT2D eigenvalue weighted by Crippen LogP contribution is -2.20. The SMILES string of the molecule is COC(=O)c1sc(NC(=O)C2CSc3ccccc32)nc1C. The van der Waals surface area contributed by atoms with Crippen LogP contribution in [-0.2, 0) is 9.53 Å². The van der Waals surface area contributed by atoms with Crippen molar-refractivity contribution in [1.82, 2.24) is 4.98 Å². The number of anilines is 1. The third kappa shape index (κ3) is 2.74. The van der Waals surface area contributed by atoms with Crippen molar-refractivity contribution in [1.29, 1.82) is 0 Å². The van der Waals surface area contributed by atoms with Crippen LogP contribution in [0.5, 0.6) is 0 Å². The van der Waals surface area contributed by atoms with Crippen LogP contribution in [0.1, 0.15) is 26.8 Å². The number of hydrogen-bond donors (Lipinski definition) is 1. The van der Waals surface area contributed by atoms with Gasteiger partial charge in [0.15, 0.2) is 5.13 Å². The van der Waals surface area contributed by atoms with Crippen LogP contribution in [0.3, 0.4) is 0 Å². The summed E-state index contributed by atoms with van der Waals surface area (Å²) in [6, 6.07) is 7.91. The first kappa shape index (κ1) is 15.1. The number of ether oxygens (including phenoxy) is 1. The molecule has 22 heavy (non-hydrogen) atoms. The summed E-state index contributed by atoms with van der Waals surface area (Å²) >= 11 is 2.82. The molecule has 114 valence electrons. The number of nitrogens with one attached hydrogen (secondary N) is 1. The molecule has 0 aliphatic carbocycles. The number of aromatic nitrogens is 1. The van der Waals surface area contributed by atoms with E-state index in [9.17, 15) is 9.59 Å². The first-order valence-electron chi connectivity index (χ1n) is 6.68. The molecule has 1 N–H and O–H groups in total. The van der Waals surface area contributed by atoms with E-state index >= 15 is 0 Å². The first-order chi connectivity index (χ1) is 10.6. The molecule has 1 aliphatic rings. The third-order valence-electron chi connectivity index (χ3n) is 3.41. The van der Waals surface area contributed by atoms with E-state index in [1.54, 1.807) is 18.7 Å². The van der Waals surface area contributed by atoms with E-state index in [1.165, 1.54) is 7.11 Å². The quantitative estimate of drug-likeness (QED) is 0.874. The van der Waals surface area contributed by atoms with Crippen molar-refractivity contribution in [2.24, 2.45) is 0 Å². The minimum absolute atomic E-state index is 0.0948. The number of esters is 1. The standard InChI is InChI=1S/C15H14N2O3S2/c1-8-12(14(19)20-2)22-15(16-8)17-13(18)10-7-21-11-6-4-3-5-9(10)11/h3-6,10H,7H2,1-2H3,(H,16,17,18). The number of hydrogen-bond acceptors (Lipinski definition) is 6. The van der Waals surface area contributed by atoms with Gasteiger partial charge in [0.2, 0.25) is 5.91 Å². The number of amides is 1. The van der Waals surface area contributed by atoms with Gasteiger partial charge >= 0.3 is 5.97 Å². The molecular weight excluding hydrogens is 320 g/mol. The number of benzene rings is 1. The maximum Gasteiger partial charge on any atom is 0.350 e. The molecule has 1 atom stereocenters. The predicted molar refractivity (Wildman–Crippen MR) is 86.7 cm³/mol. The third-order valence-corrected chi connectivity index (χ3v) is 5.65. The first-order valence-corrected chi connectivity index (χ1v) is 8.48. The fraction of sp³-hybridized carbons (Fsp3) is 0.267. The Morgan fingerprint density at radius 1 is 1.36 bits per heavy atom. The van der Waals surface area contributed by atoms with Crippen molar-refractivity contribution in [3.8, 4) is 0 Å². The zero-order valence-electron chi connectivity index (χ0n) is 12.1. The molecule has 5 nitrogen and oxygen atoms in total. The number of fused-ring (bicyclic) bond motifs is 1. The molecule has 3 rings (SSSR count). The Labute approximate surface area is 136 Å². The summed E-state index contributed by atoms with van der Waals surface area (Å²) in [5.41, 5.74) is 1.61. The number of carbonyl (C=O) groups excluding carboxylic acids is 2. The molecule has 1 amide bonds. The summed E-state index contributed by atoms with van der Waals surface area (Å²) in [5.74, 6) is 0.00576. The summed E-state index contributed by atoms with van der Waals surface area (Å²) in [5, 5.41) is 3.24. The van der Waals surface area contributed by atoms with Crippen LogP contribution in [0.15, 0.2) is 29.2 Å². The van der Waals surface area contributed by atoms with Gasteiger partial charge in [0.05, 0.1) is 18.7 Å². The fourth-order valence-electron chi connectivity index (χ4n) is 2.30. The fourth-order valence-corrected chi connectivity index (χ4v) is 4.42. The van der Waals surface area contributed by atoms with Gasteiger partial charge in [-0.15, -0.1) is 11.8 Å².